The van der Waals surface area contributed by atoms with Crippen molar-refractivity contribution in [2.75, 3.05) is 0 Å². The van der Waals surface area contributed by atoms with Crippen LogP contribution in [-0.4, -0.2) is 16.7 Å². The fourth-order valence-corrected chi connectivity index (χ4v) is 3.68. The molecule has 28 heavy (non-hydrogen) atoms. The molecule has 4 nitrogen and oxygen atoms in total. The molecule has 3 rings (SSSR count). The second kappa shape index (κ2) is 8.00. The third-order valence-electron chi connectivity index (χ3n) is 4.66. The van der Waals surface area contributed by atoms with Crippen LogP contribution in [0, 0.1) is 5.82 Å². The molecule has 150 valence electrons. The van der Waals surface area contributed by atoms with E-state index in [-0.39, 0.29) is 24.2 Å². The molecule has 1 N–H and O–H groups in total. The summed E-state index contributed by atoms with van der Waals surface area (Å²) in [5, 5.41) is 9.23. The fourth-order valence-electron chi connectivity index (χ4n) is 3.44. The number of fused-ring (bicyclic) bond motifs is 1. The van der Waals surface area contributed by atoms with Gasteiger partial charge in [-0.3, -0.25) is 4.79 Å². The summed E-state index contributed by atoms with van der Waals surface area (Å²) in [6, 6.07) is 6.08. The number of aliphatic carboxylic acids is 1. The van der Waals surface area contributed by atoms with E-state index in [0.717, 1.165) is 5.56 Å². The van der Waals surface area contributed by atoms with Crippen LogP contribution >= 0.6 is 11.6 Å². The van der Waals surface area contributed by atoms with Crippen LogP contribution in [0.4, 0.5) is 4.39 Å². The molecule has 6 heteroatoms. The Morgan fingerprint density at radius 1 is 1.39 bits per heavy atom. The van der Waals surface area contributed by atoms with Gasteiger partial charge in [-0.2, -0.15) is 0 Å². The zero-order valence-corrected chi connectivity index (χ0v) is 16.8. The van der Waals surface area contributed by atoms with Crippen LogP contribution in [0.2, 0.25) is 5.02 Å². The first kappa shape index (κ1) is 17.8. The Morgan fingerprint density at radius 2 is 2.14 bits per heavy atom. The highest BCUT2D eigenvalue weighted by atomic mass is 35.5. The molecular formula is C22H24ClFO4. The van der Waals surface area contributed by atoms with Gasteiger partial charge in [0.15, 0.2) is 11.6 Å². The average molecular weight is 409 g/mol. The molecule has 0 amide bonds. The van der Waals surface area contributed by atoms with Crippen LogP contribution in [0.1, 0.15) is 52.2 Å². The van der Waals surface area contributed by atoms with Crippen LogP contribution in [0.25, 0.3) is 0 Å². The standard InChI is InChI=1S/C22H24ClFO4/c1-4-17-13(6-8-19(25)26)5-7-18(20(17)24)27-12-15-10-16(23)9-14-11-22(2,3)28-21(14)15/h5,7,9-10H,4,6,8,11-12H2,1-3H3,(H,25,26)/i12D2. The molecule has 0 saturated carbocycles. The van der Waals surface area contributed by atoms with Crippen molar-refractivity contribution in [3.63, 3.8) is 0 Å². The minimum atomic E-state index is -2.40. The first-order valence-corrected chi connectivity index (χ1v) is 9.54. The van der Waals surface area contributed by atoms with Gasteiger partial charge in [0, 0.05) is 23.4 Å². The van der Waals surface area contributed by atoms with E-state index in [1.165, 1.54) is 12.1 Å². The van der Waals surface area contributed by atoms with Gasteiger partial charge in [-0.05, 0) is 61.6 Å². The van der Waals surface area contributed by atoms with Crippen LogP contribution in [0.5, 0.6) is 11.5 Å². The fraction of sp³-hybridized carbons (Fsp3) is 0.409. The Balaban J connectivity index is 1.96. The van der Waals surface area contributed by atoms with Gasteiger partial charge < -0.3 is 14.6 Å². The number of aryl methyl sites for hydroxylation is 1. The summed E-state index contributed by atoms with van der Waals surface area (Å²) < 4.78 is 43.5. The molecule has 0 aromatic heterocycles. The molecule has 1 aliphatic heterocycles. The minimum Gasteiger partial charge on any atom is -0.487 e. The summed E-state index contributed by atoms with van der Waals surface area (Å²) in [4.78, 5) is 10.8. The van der Waals surface area contributed by atoms with Crippen molar-refractivity contribution in [1.29, 1.82) is 0 Å². The van der Waals surface area contributed by atoms with Gasteiger partial charge in [-0.25, -0.2) is 4.39 Å². The van der Waals surface area contributed by atoms with Crippen molar-refractivity contribution in [2.45, 2.75) is 58.6 Å². The number of hydrogen-bond acceptors (Lipinski definition) is 3. The molecule has 0 unspecified atom stereocenters. The normalized spacial score (nSPS) is 16.0. The van der Waals surface area contributed by atoms with E-state index in [9.17, 15) is 4.79 Å². The third kappa shape index (κ3) is 4.41. The summed E-state index contributed by atoms with van der Waals surface area (Å²) in [5.74, 6) is -1.54. The lowest BCUT2D eigenvalue weighted by Crippen LogP contribution is -2.25. The molecule has 0 atom stereocenters. The minimum absolute atomic E-state index is 0.1000. The van der Waals surface area contributed by atoms with Crippen molar-refractivity contribution in [3.05, 3.63) is 57.4 Å². The molecule has 0 saturated heterocycles. The predicted octanol–water partition coefficient (Wildman–Crippen LogP) is 5.35. The number of rotatable bonds is 7. The van der Waals surface area contributed by atoms with E-state index < -0.39 is 23.9 Å². The summed E-state index contributed by atoms with van der Waals surface area (Å²) in [6.45, 7) is 3.14. The Labute approximate surface area is 172 Å². The zero-order valence-electron chi connectivity index (χ0n) is 18.1. The van der Waals surface area contributed by atoms with Gasteiger partial charge >= 0.3 is 5.97 Å². The molecule has 1 heterocycles. The number of carboxylic acids is 1. The molecule has 0 spiro atoms. The molecule has 1 aliphatic rings. The van der Waals surface area contributed by atoms with E-state index in [1.807, 2.05) is 13.8 Å². The van der Waals surface area contributed by atoms with Crippen molar-refractivity contribution in [3.8, 4) is 11.5 Å². The van der Waals surface area contributed by atoms with Gasteiger partial charge in [0.25, 0.3) is 0 Å². The number of halogens is 2. The van der Waals surface area contributed by atoms with E-state index >= 15 is 4.39 Å². The van der Waals surface area contributed by atoms with Crippen molar-refractivity contribution in [2.24, 2.45) is 0 Å². The largest absolute Gasteiger partial charge is 0.487 e. The van der Waals surface area contributed by atoms with E-state index in [4.69, 9.17) is 28.9 Å². The summed E-state index contributed by atoms with van der Waals surface area (Å²) >= 11 is 6.19. The highest BCUT2D eigenvalue weighted by Gasteiger charge is 2.32. The smallest absolute Gasteiger partial charge is 0.303 e. The first-order chi connectivity index (χ1) is 13.9. The van der Waals surface area contributed by atoms with Gasteiger partial charge in [-0.1, -0.05) is 24.6 Å². The maximum atomic E-state index is 15.1. The second-order valence-electron chi connectivity index (χ2n) is 7.45. The van der Waals surface area contributed by atoms with Crippen molar-refractivity contribution in [1.82, 2.24) is 0 Å². The number of carboxylic acid groups (broad SMARTS) is 1. The van der Waals surface area contributed by atoms with Crippen LogP contribution < -0.4 is 9.47 Å². The average Bonchev–Trinajstić information content (AvgIpc) is 2.94. The van der Waals surface area contributed by atoms with Gasteiger partial charge in [-0.15, -0.1) is 0 Å². The Morgan fingerprint density at radius 3 is 2.82 bits per heavy atom. The maximum absolute atomic E-state index is 15.1. The monoisotopic (exact) mass is 408 g/mol. The second-order valence-corrected chi connectivity index (χ2v) is 7.88. The molecule has 0 fully saturated rings. The SMILES string of the molecule is [2H]C([2H])(Oc1ccc(CCC(=O)O)c(CC)c1F)c1cc(Cl)cc2c1OC(C)(C)C2. The number of hydrogen-bond donors (Lipinski definition) is 1. The quantitative estimate of drug-likeness (QED) is 0.670. The Kier molecular flexibility index (Phi) is 5.08. The zero-order chi connectivity index (χ0) is 22.3. The van der Waals surface area contributed by atoms with E-state index in [0.29, 0.717) is 34.7 Å². The molecule has 0 radical (unpaired) electrons. The maximum Gasteiger partial charge on any atom is 0.303 e. The first-order valence-electron chi connectivity index (χ1n) is 10.2. The van der Waals surface area contributed by atoms with Crippen LogP contribution in [0.15, 0.2) is 24.3 Å². The van der Waals surface area contributed by atoms with Crippen molar-refractivity contribution >= 4 is 17.6 Å². The van der Waals surface area contributed by atoms with E-state index in [2.05, 4.69) is 0 Å². The third-order valence-corrected chi connectivity index (χ3v) is 4.88. The van der Waals surface area contributed by atoms with E-state index in [1.54, 1.807) is 19.1 Å². The summed E-state index contributed by atoms with van der Waals surface area (Å²) in [7, 11) is 0. The topological polar surface area (TPSA) is 55.8 Å². The Hall–Kier alpha value is -2.27. The Bertz CT molecular complexity index is 992. The van der Waals surface area contributed by atoms with Crippen LogP contribution in [-0.2, 0) is 30.6 Å². The molecule has 2 aromatic rings. The van der Waals surface area contributed by atoms with Gasteiger partial charge in [0.2, 0.25) is 0 Å². The predicted molar refractivity (Wildman–Crippen MR) is 106 cm³/mol. The van der Waals surface area contributed by atoms with Crippen molar-refractivity contribution < 1.29 is 26.5 Å². The van der Waals surface area contributed by atoms with Crippen LogP contribution in [0.3, 0.4) is 0 Å². The highest BCUT2D eigenvalue weighted by Crippen LogP contribution is 2.40. The van der Waals surface area contributed by atoms with Gasteiger partial charge in [0.1, 0.15) is 17.9 Å². The highest BCUT2D eigenvalue weighted by molar-refractivity contribution is 6.30. The lowest BCUT2D eigenvalue weighted by molar-refractivity contribution is -0.136. The molecule has 0 aliphatic carbocycles. The molecule has 0 bridgehead atoms. The number of ether oxygens (including phenoxy) is 2. The lowest BCUT2D eigenvalue weighted by atomic mass is 9.99. The molecule has 2 aromatic carbocycles. The summed E-state index contributed by atoms with van der Waals surface area (Å²) in [6.07, 6.45) is 0.964. The number of benzene rings is 2. The molecular weight excluding hydrogens is 383 g/mol. The lowest BCUT2D eigenvalue weighted by Gasteiger charge is -2.19. The van der Waals surface area contributed by atoms with Gasteiger partial charge in [0.05, 0.1) is 2.74 Å². The number of carbonyl (C=O) groups is 1. The summed E-state index contributed by atoms with van der Waals surface area (Å²) in [5.41, 5.74) is 1.25.